The number of phosphoric acid groups is 1. The summed E-state index contributed by atoms with van der Waals surface area (Å²) >= 11 is 0. The van der Waals surface area contributed by atoms with E-state index in [-0.39, 0.29) is 19.6 Å². The van der Waals surface area contributed by atoms with Crippen LogP contribution in [0.5, 0.6) is 0 Å². The number of ether oxygens (including phenoxy) is 1. The number of nitrogens with two attached hydrogens (primary N) is 1. The number of aliphatic hydroxyl groups excluding tert-OH is 1. The van der Waals surface area contributed by atoms with Gasteiger partial charge in [0, 0.05) is 13.0 Å². The number of unbranched alkanes of at least 4 members (excludes halogenated alkanes) is 7. The zero-order valence-corrected chi connectivity index (χ0v) is 21.7. The summed E-state index contributed by atoms with van der Waals surface area (Å²) in [6.07, 6.45) is 24.2. The number of hydrogen-bond acceptors (Lipinski definition) is 7. The highest BCUT2D eigenvalue weighted by Gasteiger charge is 2.24. The van der Waals surface area contributed by atoms with E-state index in [4.69, 9.17) is 15.0 Å². The Balaban J connectivity index is 3.64. The quantitative estimate of drug-likeness (QED) is 0.0736. The lowest BCUT2D eigenvalue weighted by molar-refractivity contribution is -0.153. The molecule has 0 saturated carbocycles. The van der Waals surface area contributed by atoms with Crippen molar-refractivity contribution in [2.24, 2.45) is 5.73 Å². The smallest absolute Gasteiger partial charge is 0.457 e. The largest absolute Gasteiger partial charge is 0.472 e. The Labute approximate surface area is 205 Å². The minimum Gasteiger partial charge on any atom is -0.457 e. The molecule has 0 saturated heterocycles. The van der Waals surface area contributed by atoms with E-state index in [1.165, 1.54) is 19.3 Å². The van der Waals surface area contributed by atoms with Gasteiger partial charge >= 0.3 is 13.8 Å². The van der Waals surface area contributed by atoms with Crippen LogP contribution in [0.1, 0.15) is 84.0 Å². The summed E-state index contributed by atoms with van der Waals surface area (Å²) in [7, 11) is -4.27. The van der Waals surface area contributed by atoms with E-state index in [1.54, 1.807) is 0 Å². The predicted molar refractivity (Wildman–Crippen MR) is 136 cm³/mol. The molecule has 198 valence electrons. The number of carbonyl (C=O) groups excluding carboxylic acids is 1. The number of allylic oxidation sites excluding steroid dienone is 6. The van der Waals surface area contributed by atoms with E-state index >= 15 is 0 Å². The van der Waals surface area contributed by atoms with E-state index in [2.05, 4.69) is 47.9 Å². The number of hydrogen-bond donors (Lipinski definition) is 3. The minimum absolute atomic E-state index is 0.0689. The lowest BCUT2D eigenvalue weighted by Gasteiger charge is -2.17. The van der Waals surface area contributed by atoms with Gasteiger partial charge in [0.2, 0.25) is 0 Å². The van der Waals surface area contributed by atoms with E-state index in [9.17, 15) is 19.4 Å². The summed E-state index contributed by atoms with van der Waals surface area (Å²) in [5.74, 6) is -0.461. The van der Waals surface area contributed by atoms with Crippen molar-refractivity contribution in [1.82, 2.24) is 0 Å². The lowest BCUT2D eigenvalue weighted by Crippen LogP contribution is -2.27. The molecular weight excluding hydrogens is 457 g/mol. The van der Waals surface area contributed by atoms with Gasteiger partial charge in [0.1, 0.15) is 6.10 Å². The summed E-state index contributed by atoms with van der Waals surface area (Å²) in [6, 6.07) is 0. The molecule has 0 spiro atoms. The SMILES string of the molecule is CCC=CCC=CCC=CCCCCCCCCCC(=O)OC(CO)COP(=O)(O)OCCN. The van der Waals surface area contributed by atoms with Gasteiger partial charge in [-0.2, -0.15) is 0 Å². The van der Waals surface area contributed by atoms with Crippen LogP contribution in [0.15, 0.2) is 36.5 Å². The average molecular weight is 504 g/mol. The van der Waals surface area contributed by atoms with Crippen LogP contribution in [0.3, 0.4) is 0 Å². The molecule has 0 aliphatic rings. The Hall–Kier alpha value is -1.28. The van der Waals surface area contributed by atoms with Crippen molar-refractivity contribution in [3.63, 3.8) is 0 Å². The third-order valence-electron chi connectivity index (χ3n) is 4.83. The van der Waals surface area contributed by atoms with Gasteiger partial charge in [0.15, 0.2) is 0 Å². The number of esters is 1. The molecular formula is C25H46NO7P. The summed E-state index contributed by atoms with van der Waals surface area (Å²) in [5, 5.41) is 9.27. The van der Waals surface area contributed by atoms with Gasteiger partial charge in [-0.25, -0.2) is 4.57 Å². The molecule has 0 heterocycles. The second-order valence-electron chi connectivity index (χ2n) is 7.99. The van der Waals surface area contributed by atoms with E-state index in [1.807, 2.05) is 0 Å². The maximum atomic E-state index is 11.9. The molecule has 0 aromatic carbocycles. The second kappa shape index (κ2) is 23.5. The summed E-state index contributed by atoms with van der Waals surface area (Å²) in [4.78, 5) is 21.3. The molecule has 0 bridgehead atoms. The topological polar surface area (TPSA) is 128 Å². The van der Waals surface area contributed by atoms with Gasteiger partial charge in [-0.05, 0) is 38.5 Å². The van der Waals surface area contributed by atoms with Crippen LogP contribution < -0.4 is 5.73 Å². The molecule has 0 amide bonds. The third kappa shape index (κ3) is 22.5. The molecule has 0 aliphatic heterocycles. The van der Waals surface area contributed by atoms with Crippen molar-refractivity contribution < 1.29 is 33.1 Å². The normalized spacial score (nSPS) is 14.8. The van der Waals surface area contributed by atoms with Crippen LogP contribution in [0.25, 0.3) is 0 Å². The molecule has 8 nitrogen and oxygen atoms in total. The van der Waals surface area contributed by atoms with E-state index in [0.29, 0.717) is 6.42 Å². The van der Waals surface area contributed by atoms with Crippen molar-refractivity contribution in [3.05, 3.63) is 36.5 Å². The zero-order chi connectivity index (χ0) is 25.3. The van der Waals surface area contributed by atoms with Crippen LogP contribution in [-0.4, -0.2) is 48.4 Å². The first-order chi connectivity index (χ1) is 16.4. The first-order valence-electron chi connectivity index (χ1n) is 12.5. The van der Waals surface area contributed by atoms with Crippen molar-refractivity contribution in [2.45, 2.75) is 90.1 Å². The van der Waals surface area contributed by atoms with E-state index in [0.717, 1.165) is 44.9 Å². The van der Waals surface area contributed by atoms with Crippen LogP contribution in [0.2, 0.25) is 0 Å². The molecule has 2 atom stereocenters. The molecule has 9 heteroatoms. The van der Waals surface area contributed by atoms with Crippen molar-refractivity contribution >= 4 is 13.8 Å². The van der Waals surface area contributed by atoms with Crippen molar-refractivity contribution in [2.75, 3.05) is 26.4 Å². The molecule has 34 heavy (non-hydrogen) atoms. The maximum absolute atomic E-state index is 11.9. The van der Waals surface area contributed by atoms with Gasteiger partial charge in [-0.15, -0.1) is 0 Å². The van der Waals surface area contributed by atoms with Gasteiger partial charge in [-0.3, -0.25) is 13.8 Å². The van der Waals surface area contributed by atoms with Crippen LogP contribution >= 0.6 is 7.82 Å². The van der Waals surface area contributed by atoms with Crippen LogP contribution in [-0.2, 0) is 23.1 Å². The Bertz CT molecular complexity index is 622. The fraction of sp³-hybridized carbons (Fsp3) is 0.720. The standard InChI is InChI=1S/C25H46NO7P/c1-2-3-4-5-6-7-8-9-10-11-12-13-14-15-16-17-18-19-25(28)33-24(22-27)23-32-34(29,30)31-21-20-26/h3-4,6-7,9-10,24,27H,2,5,8,11-23,26H2,1H3,(H,29,30). The van der Waals surface area contributed by atoms with Gasteiger partial charge < -0.3 is 20.5 Å². The predicted octanol–water partition coefficient (Wildman–Crippen LogP) is 5.35. The summed E-state index contributed by atoms with van der Waals surface area (Å²) < 4.78 is 25.9. The molecule has 2 unspecified atom stereocenters. The van der Waals surface area contributed by atoms with E-state index < -0.39 is 33.1 Å². The highest BCUT2D eigenvalue weighted by Crippen LogP contribution is 2.42. The zero-order valence-electron chi connectivity index (χ0n) is 20.8. The molecule has 0 rings (SSSR count). The second-order valence-corrected chi connectivity index (χ2v) is 9.44. The first kappa shape index (κ1) is 32.7. The monoisotopic (exact) mass is 503 g/mol. The number of carbonyl (C=O) groups is 1. The summed E-state index contributed by atoms with van der Waals surface area (Å²) in [5.41, 5.74) is 5.19. The first-order valence-corrected chi connectivity index (χ1v) is 14.0. The van der Waals surface area contributed by atoms with Gasteiger partial charge in [-0.1, -0.05) is 75.5 Å². The number of phosphoric ester groups is 1. The lowest BCUT2D eigenvalue weighted by atomic mass is 10.1. The van der Waals surface area contributed by atoms with Crippen molar-refractivity contribution in [3.8, 4) is 0 Å². The Kier molecular flexibility index (Phi) is 22.6. The fourth-order valence-corrected chi connectivity index (χ4v) is 3.76. The molecule has 0 radical (unpaired) electrons. The number of rotatable bonds is 23. The maximum Gasteiger partial charge on any atom is 0.472 e. The average Bonchev–Trinajstić information content (AvgIpc) is 2.82. The van der Waals surface area contributed by atoms with Gasteiger partial charge in [0.25, 0.3) is 0 Å². The highest BCUT2D eigenvalue weighted by atomic mass is 31.2. The summed E-state index contributed by atoms with van der Waals surface area (Å²) in [6.45, 7) is 1.14. The molecule has 0 aromatic heterocycles. The number of aliphatic hydroxyl groups is 1. The Morgan fingerprint density at radius 2 is 1.50 bits per heavy atom. The fourth-order valence-electron chi connectivity index (χ4n) is 2.99. The van der Waals surface area contributed by atoms with Crippen molar-refractivity contribution in [1.29, 1.82) is 0 Å². The third-order valence-corrected chi connectivity index (χ3v) is 5.81. The van der Waals surface area contributed by atoms with Crippen LogP contribution in [0, 0.1) is 0 Å². The Morgan fingerprint density at radius 3 is 2.12 bits per heavy atom. The molecule has 0 aromatic rings. The van der Waals surface area contributed by atoms with Gasteiger partial charge in [0.05, 0.1) is 19.8 Å². The molecule has 4 N–H and O–H groups in total. The Morgan fingerprint density at radius 1 is 0.912 bits per heavy atom. The molecule has 0 fully saturated rings. The molecule has 0 aliphatic carbocycles. The minimum atomic E-state index is -4.27. The van der Waals surface area contributed by atoms with Crippen LogP contribution in [0.4, 0.5) is 0 Å². The highest BCUT2D eigenvalue weighted by molar-refractivity contribution is 7.47.